The fourth-order valence-electron chi connectivity index (χ4n) is 2.46. The van der Waals surface area contributed by atoms with Gasteiger partial charge in [-0.15, -0.1) is 22.7 Å². The van der Waals surface area contributed by atoms with Gasteiger partial charge >= 0.3 is 0 Å². The summed E-state index contributed by atoms with van der Waals surface area (Å²) in [6, 6.07) is 6.35. The molecule has 0 radical (unpaired) electrons. The first kappa shape index (κ1) is 19.1. The summed E-state index contributed by atoms with van der Waals surface area (Å²) in [6.07, 6.45) is 0.0311. The monoisotopic (exact) mass is 407 g/mol. The summed E-state index contributed by atoms with van der Waals surface area (Å²) >= 11 is 2.55. The van der Waals surface area contributed by atoms with E-state index in [2.05, 4.69) is 15.6 Å². The molecule has 2 amide bonds. The smallest absolute Gasteiger partial charge is 0.228 e. The molecule has 0 bridgehead atoms. The van der Waals surface area contributed by atoms with Crippen LogP contribution >= 0.6 is 22.7 Å². The van der Waals surface area contributed by atoms with Gasteiger partial charge in [0.1, 0.15) is 11.6 Å². The first-order valence-corrected chi connectivity index (χ1v) is 9.69. The molecule has 1 atom stereocenters. The van der Waals surface area contributed by atoms with E-state index >= 15 is 0 Å². The second kappa shape index (κ2) is 8.36. The van der Waals surface area contributed by atoms with Crippen LogP contribution in [0.1, 0.15) is 24.3 Å². The number of thiazole rings is 1. The summed E-state index contributed by atoms with van der Waals surface area (Å²) in [5, 5.41) is 9.06. The number of benzene rings is 1. The molecule has 2 aromatic heterocycles. The molecule has 0 spiro atoms. The summed E-state index contributed by atoms with van der Waals surface area (Å²) in [5.41, 5.74) is 0.269. The third-order valence-electron chi connectivity index (χ3n) is 3.61. The Bertz CT molecular complexity index is 957. The van der Waals surface area contributed by atoms with Gasteiger partial charge in [0.15, 0.2) is 5.13 Å². The first-order chi connectivity index (χ1) is 12.9. The Labute approximate surface area is 162 Å². The number of aromatic nitrogens is 1. The van der Waals surface area contributed by atoms with E-state index in [0.29, 0.717) is 0 Å². The quantitative estimate of drug-likeness (QED) is 0.638. The molecule has 0 saturated heterocycles. The van der Waals surface area contributed by atoms with Crippen LogP contribution in [0.5, 0.6) is 0 Å². The zero-order valence-electron chi connectivity index (χ0n) is 14.2. The molecule has 2 N–H and O–H groups in total. The molecule has 3 aromatic rings. The number of amides is 2. The highest BCUT2D eigenvalue weighted by Gasteiger charge is 2.19. The maximum atomic E-state index is 13.8. The summed E-state index contributed by atoms with van der Waals surface area (Å²) < 4.78 is 27.2. The number of nitrogens with zero attached hydrogens (tertiary/aromatic N) is 1. The highest BCUT2D eigenvalue weighted by atomic mass is 32.1. The van der Waals surface area contributed by atoms with Gasteiger partial charge in [0.2, 0.25) is 11.8 Å². The molecule has 27 heavy (non-hydrogen) atoms. The van der Waals surface area contributed by atoms with E-state index in [-0.39, 0.29) is 34.6 Å². The molecule has 9 heteroatoms. The zero-order chi connectivity index (χ0) is 19.4. The van der Waals surface area contributed by atoms with E-state index in [4.69, 9.17) is 0 Å². The molecular formula is C18H15F2N3O2S2. The van der Waals surface area contributed by atoms with Gasteiger partial charge in [0, 0.05) is 22.7 Å². The van der Waals surface area contributed by atoms with Crippen LogP contribution in [0.25, 0.3) is 11.3 Å². The normalized spacial score (nSPS) is 11.8. The number of hydrogen-bond acceptors (Lipinski definition) is 5. The van der Waals surface area contributed by atoms with Crippen LogP contribution in [0.2, 0.25) is 0 Å². The second-order valence-electron chi connectivity index (χ2n) is 5.68. The van der Waals surface area contributed by atoms with Crippen molar-refractivity contribution in [2.45, 2.75) is 19.4 Å². The Morgan fingerprint density at radius 1 is 1.22 bits per heavy atom. The van der Waals surface area contributed by atoms with E-state index in [1.54, 1.807) is 0 Å². The topological polar surface area (TPSA) is 71.1 Å². The third-order valence-corrected chi connectivity index (χ3v) is 5.35. The summed E-state index contributed by atoms with van der Waals surface area (Å²) in [5.74, 6) is -1.75. The average Bonchev–Trinajstić information content (AvgIpc) is 3.28. The van der Waals surface area contributed by atoms with Crippen LogP contribution < -0.4 is 10.6 Å². The largest absolute Gasteiger partial charge is 0.348 e. The van der Waals surface area contributed by atoms with Crippen LogP contribution in [0.3, 0.4) is 0 Å². The Balaban J connectivity index is 1.70. The van der Waals surface area contributed by atoms with Crippen molar-refractivity contribution in [2.24, 2.45) is 0 Å². The minimum absolute atomic E-state index is 0.0291. The van der Waals surface area contributed by atoms with Crippen LogP contribution in [-0.4, -0.2) is 16.8 Å². The lowest BCUT2D eigenvalue weighted by molar-refractivity contribution is -0.120. The molecular weight excluding hydrogens is 392 g/mol. The highest BCUT2D eigenvalue weighted by molar-refractivity contribution is 7.14. The Kier molecular flexibility index (Phi) is 5.92. The van der Waals surface area contributed by atoms with Crippen molar-refractivity contribution < 1.29 is 18.4 Å². The minimum Gasteiger partial charge on any atom is -0.348 e. The second-order valence-corrected chi connectivity index (χ2v) is 7.52. The minimum atomic E-state index is -0.594. The fraction of sp³-hybridized carbons (Fsp3) is 0.167. The maximum Gasteiger partial charge on any atom is 0.228 e. The molecule has 0 aliphatic rings. The van der Waals surface area contributed by atoms with Gasteiger partial charge in [-0.3, -0.25) is 9.59 Å². The molecule has 0 saturated carbocycles. The summed E-state index contributed by atoms with van der Waals surface area (Å²) in [7, 11) is 0. The number of rotatable bonds is 6. The molecule has 0 aliphatic heterocycles. The fourth-order valence-corrected chi connectivity index (χ4v) is 3.97. The van der Waals surface area contributed by atoms with Crippen molar-refractivity contribution in [2.75, 3.05) is 5.32 Å². The standard InChI is InChI=1S/C18H15F2N3O2S2/c1-10(24)21-14(16-3-2-6-26-16)8-17(25)23-18-22-15(9-27-18)12-7-11(19)4-5-13(12)20/h2-7,9,14H,8H2,1H3,(H,21,24)(H,22,23,25). The number of anilines is 1. The van der Waals surface area contributed by atoms with Crippen molar-refractivity contribution >= 4 is 39.6 Å². The molecule has 3 rings (SSSR count). The van der Waals surface area contributed by atoms with Crippen LogP contribution in [0, 0.1) is 11.6 Å². The molecule has 1 aromatic carbocycles. The van der Waals surface area contributed by atoms with E-state index in [0.717, 1.165) is 34.4 Å². The van der Waals surface area contributed by atoms with Gasteiger partial charge in [-0.05, 0) is 29.6 Å². The summed E-state index contributed by atoms with van der Waals surface area (Å²) in [4.78, 5) is 28.7. The molecule has 1 unspecified atom stereocenters. The maximum absolute atomic E-state index is 13.8. The molecule has 5 nitrogen and oxygen atoms in total. The molecule has 140 valence electrons. The van der Waals surface area contributed by atoms with Crippen molar-refractivity contribution in [1.29, 1.82) is 0 Å². The van der Waals surface area contributed by atoms with Crippen molar-refractivity contribution in [1.82, 2.24) is 10.3 Å². The van der Waals surface area contributed by atoms with Gasteiger partial charge < -0.3 is 10.6 Å². The van der Waals surface area contributed by atoms with Crippen molar-refractivity contribution in [3.8, 4) is 11.3 Å². The third kappa shape index (κ3) is 4.95. The lowest BCUT2D eigenvalue weighted by Gasteiger charge is -2.15. The predicted molar refractivity (Wildman–Crippen MR) is 102 cm³/mol. The van der Waals surface area contributed by atoms with Gasteiger partial charge in [0.05, 0.1) is 18.2 Å². The van der Waals surface area contributed by atoms with Crippen LogP contribution in [0.15, 0.2) is 41.1 Å². The molecule has 0 aliphatic carbocycles. The number of thiophene rings is 1. The molecule has 0 fully saturated rings. The molecule has 2 heterocycles. The number of carbonyl (C=O) groups excluding carboxylic acids is 2. The summed E-state index contributed by atoms with van der Waals surface area (Å²) in [6.45, 7) is 1.39. The Hall–Kier alpha value is -2.65. The van der Waals surface area contributed by atoms with E-state index in [1.165, 1.54) is 23.6 Å². The number of nitrogens with one attached hydrogen (secondary N) is 2. The number of halogens is 2. The van der Waals surface area contributed by atoms with Crippen molar-refractivity contribution in [3.63, 3.8) is 0 Å². The van der Waals surface area contributed by atoms with Gasteiger partial charge in [-0.1, -0.05) is 6.07 Å². The first-order valence-electron chi connectivity index (χ1n) is 7.93. The Morgan fingerprint density at radius 2 is 2.04 bits per heavy atom. The lowest BCUT2D eigenvalue weighted by Crippen LogP contribution is -2.29. The predicted octanol–water partition coefficient (Wildman–Crippen LogP) is 4.36. The lowest BCUT2D eigenvalue weighted by atomic mass is 10.1. The van der Waals surface area contributed by atoms with Crippen molar-refractivity contribution in [3.05, 3.63) is 57.6 Å². The van der Waals surface area contributed by atoms with E-state index in [9.17, 15) is 18.4 Å². The van der Waals surface area contributed by atoms with E-state index in [1.807, 2.05) is 17.5 Å². The highest BCUT2D eigenvalue weighted by Crippen LogP contribution is 2.28. The van der Waals surface area contributed by atoms with Crippen LogP contribution in [-0.2, 0) is 9.59 Å². The van der Waals surface area contributed by atoms with Crippen LogP contribution in [0.4, 0.5) is 13.9 Å². The Morgan fingerprint density at radius 3 is 2.74 bits per heavy atom. The average molecular weight is 407 g/mol. The SMILES string of the molecule is CC(=O)NC(CC(=O)Nc1nc(-c2cc(F)ccc2F)cs1)c1cccs1. The van der Waals surface area contributed by atoms with Gasteiger partial charge in [-0.2, -0.15) is 0 Å². The van der Waals surface area contributed by atoms with Gasteiger partial charge in [-0.25, -0.2) is 13.8 Å². The van der Waals surface area contributed by atoms with E-state index < -0.39 is 17.7 Å². The number of hydrogen-bond donors (Lipinski definition) is 2. The zero-order valence-corrected chi connectivity index (χ0v) is 15.8. The number of carbonyl (C=O) groups is 2. The van der Waals surface area contributed by atoms with Gasteiger partial charge in [0.25, 0.3) is 0 Å².